The SMILES string of the molecule is CCCCCCCC(O)[C@H]1CCC(=NNc2ccc(C(=O)O)cc2)[C@@H]1CCCCCCC(=O)O. The monoisotopic (exact) mass is 474 g/mol. The second kappa shape index (κ2) is 15.5. The van der Waals surface area contributed by atoms with E-state index < -0.39 is 11.9 Å². The van der Waals surface area contributed by atoms with Gasteiger partial charge in [-0.25, -0.2) is 4.79 Å². The summed E-state index contributed by atoms with van der Waals surface area (Å²) < 4.78 is 0. The lowest BCUT2D eigenvalue weighted by Crippen LogP contribution is -2.27. The van der Waals surface area contributed by atoms with Crippen LogP contribution in [0, 0.1) is 11.8 Å². The first-order valence-electron chi connectivity index (χ1n) is 13.0. The van der Waals surface area contributed by atoms with Crippen molar-refractivity contribution in [2.24, 2.45) is 16.9 Å². The number of nitrogens with one attached hydrogen (secondary N) is 1. The van der Waals surface area contributed by atoms with Crippen molar-refractivity contribution in [3.63, 3.8) is 0 Å². The average molecular weight is 475 g/mol. The molecule has 1 fully saturated rings. The normalized spacial score (nSPS) is 19.9. The summed E-state index contributed by atoms with van der Waals surface area (Å²) >= 11 is 0. The molecule has 4 N–H and O–H groups in total. The van der Waals surface area contributed by atoms with Gasteiger partial charge in [0.05, 0.1) is 17.4 Å². The molecular weight excluding hydrogens is 432 g/mol. The standard InChI is InChI=1S/C27H42N2O5/c1-2-3-4-5-9-12-25(30)23-18-19-24(22(23)11-8-6-7-10-13-26(31)32)29-28-21-16-14-20(15-17-21)27(33)34/h14-17,22-23,25,28,30H,2-13,18-19H2,1H3,(H,31,32)(H,33,34)/t22-,23+,25?/m1/s1. The molecule has 1 aliphatic rings. The van der Waals surface area contributed by atoms with Gasteiger partial charge in [-0.3, -0.25) is 10.2 Å². The summed E-state index contributed by atoms with van der Waals surface area (Å²) in [4.78, 5) is 21.8. The van der Waals surface area contributed by atoms with Crippen molar-refractivity contribution in [2.45, 2.75) is 103 Å². The predicted octanol–water partition coefficient (Wildman–Crippen LogP) is 6.33. The van der Waals surface area contributed by atoms with Crippen molar-refractivity contribution in [2.75, 3.05) is 5.43 Å². The van der Waals surface area contributed by atoms with Gasteiger partial charge in [-0.2, -0.15) is 5.10 Å². The second-order valence-electron chi connectivity index (χ2n) is 9.52. The summed E-state index contributed by atoms with van der Waals surface area (Å²) in [7, 11) is 0. The first kappa shape index (κ1) is 27.8. The third kappa shape index (κ3) is 9.84. The van der Waals surface area contributed by atoms with Gasteiger partial charge in [0.15, 0.2) is 0 Å². The van der Waals surface area contributed by atoms with Gasteiger partial charge in [0.25, 0.3) is 0 Å². The zero-order valence-electron chi connectivity index (χ0n) is 20.5. The van der Waals surface area contributed by atoms with E-state index in [2.05, 4.69) is 17.5 Å². The van der Waals surface area contributed by atoms with E-state index in [1.807, 2.05) is 0 Å². The van der Waals surface area contributed by atoms with Crippen LogP contribution < -0.4 is 5.43 Å². The molecular formula is C27H42N2O5. The summed E-state index contributed by atoms with van der Waals surface area (Å²) in [6.07, 6.45) is 13.0. The summed E-state index contributed by atoms with van der Waals surface area (Å²) in [6.45, 7) is 2.20. The third-order valence-corrected chi connectivity index (χ3v) is 6.89. The van der Waals surface area contributed by atoms with Crippen molar-refractivity contribution < 1.29 is 24.9 Å². The van der Waals surface area contributed by atoms with Crippen LogP contribution in [0.5, 0.6) is 0 Å². The van der Waals surface area contributed by atoms with Gasteiger partial charge in [0.2, 0.25) is 0 Å². The number of anilines is 1. The number of carboxylic acids is 2. The first-order valence-corrected chi connectivity index (χ1v) is 13.0. The van der Waals surface area contributed by atoms with E-state index in [4.69, 9.17) is 10.2 Å². The number of aromatic carboxylic acids is 1. The number of aliphatic hydroxyl groups excluding tert-OH is 1. The fraction of sp³-hybridized carbons (Fsp3) is 0.667. The molecule has 1 aromatic carbocycles. The van der Waals surface area contributed by atoms with Crippen LogP contribution in [0.4, 0.5) is 5.69 Å². The van der Waals surface area contributed by atoms with E-state index in [0.29, 0.717) is 6.42 Å². The van der Waals surface area contributed by atoms with Crippen LogP contribution in [0.2, 0.25) is 0 Å². The molecule has 1 aromatic rings. The molecule has 2 rings (SSSR count). The highest BCUT2D eigenvalue weighted by Crippen LogP contribution is 2.37. The number of aliphatic hydroxyl groups is 1. The molecule has 190 valence electrons. The molecule has 1 aliphatic carbocycles. The molecule has 7 nitrogen and oxygen atoms in total. The van der Waals surface area contributed by atoms with Crippen molar-refractivity contribution >= 4 is 23.3 Å². The Balaban J connectivity index is 1.95. The minimum atomic E-state index is -0.955. The molecule has 0 aromatic heterocycles. The Morgan fingerprint density at radius 3 is 2.35 bits per heavy atom. The summed E-state index contributed by atoms with van der Waals surface area (Å²) in [5.74, 6) is -1.27. The Bertz CT molecular complexity index is 778. The van der Waals surface area contributed by atoms with E-state index in [0.717, 1.165) is 62.8 Å². The van der Waals surface area contributed by atoms with E-state index in [1.165, 1.54) is 25.7 Å². The quantitative estimate of drug-likeness (QED) is 0.155. The number of rotatable bonds is 17. The average Bonchev–Trinajstić information content (AvgIpc) is 3.22. The number of aliphatic carboxylic acids is 1. The predicted molar refractivity (Wildman–Crippen MR) is 135 cm³/mol. The Morgan fingerprint density at radius 2 is 1.68 bits per heavy atom. The van der Waals surface area contributed by atoms with Crippen LogP contribution in [-0.4, -0.2) is 39.1 Å². The van der Waals surface area contributed by atoms with Crippen LogP contribution in [0.1, 0.15) is 107 Å². The minimum Gasteiger partial charge on any atom is -0.481 e. The molecule has 34 heavy (non-hydrogen) atoms. The number of hydrazone groups is 1. The van der Waals surface area contributed by atoms with Crippen molar-refractivity contribution in [1.82, 2.24) is 0 Å². The molecule has 1 unspecified atom stereocenters. The smallest absolute Gasteiger partial charge is 0.335 e. The fourth-order valence-corrected chi connectivity index (χ4v) is 4.92. The molecule has 1 saturated carbocycles. The molecule has 7 heteroatoms. The van der Waals surface area contributed by atoms with Gasteiger partial charge in [-0.15, -0.1) is 0 Å². The minimum absolute atomic E-state index is 0.208. The maximum atomic E-state index is 11.0. The first-order chi connectivity index (χ1) is 16.4. The molecule has 0 heterocycles. The number of hydrogen-bond donors (Lipinski definition) is 4. The molecule has 3 atom stereocenters. The lowest BCUT2D eigenvalue weighted by Gasteiger charge is -2.25. The zero-order valence-corrected chi connectivity index (χ0v) is 20.5. The summed E-state index contributed by atoms with van der Waals surface area (Å²) in [6, 6.07) is 6.53. The van der Waals surface area contributed by atoms with Crippen molar-refractivity contribution in [3.05, 3.63) is 29.8 Å². The number of benzene rings is 1. The van der Waals surface area contributed by atoms with Crippen LogP contribution >= 0.6 is 0 Å². The number of nitrogens with zero attached hydrogens (tertiary/aromatic N) is 1. The lowest BCUT2D eigenvalue weighted by atomic mass is 9.84. The molecule has 0 bridgehead atoms. The van der Waals surface area contributed by atoms with E-state index in [1.54, 1.807) is 24.3 Å². The zero-order chi connectivity index (χ0) is 24.8. The Labute approximate surface area is 203 Å². The van der Waals surface area contributed by atoms with Crippen LogP contribution in [0.15, 0.2) is 29.4 Å². The largest absolute Gasteiger partial charge is 0.481 e. The highest BCUT2D eigenvalue weighted by atomic mass is 16.4. The number of carboxylic acid groups (broad SMARTS) is 2. The maximum absolute atomic E-state index is 11.0. The van der Waals surface area contributed by atoms with Gasteiger partial charge < -0.3 is 15.3 Å². The summed E-state index contributed by atoms with van der Waals surface area (Å²) in [5.41, 5.74) is 5.13. The Kier molecular flexibility index (Phi) is 12.7. The van der Waals surface area contributed by atoms with E-state index >= 15 is 0 Å². The van der Waals surface area contributed by atoms with E-state index in [9.17, 15) is 14.7 Å². The van der Waals surface area contributed by atoms with Crippen molar-refractivity contribution in [1.29, 1.82) is 0 Å². The molecule has 0 amide bonds. The highest BCUT2D eigenvalue weighted by Gasteiger charge is 2.36. The molecule has 0 radical (unpaired) electrons. The topological polar surface area (TPSA) is 119 Å². The van der Waals surface area contributed by atoms with E-state index in [-0.39, 0.29) is 29.9 Å². The van der Waals surface area contributed by atoms with Gasteiger partial charge in [0.1, 0.15) is 0 Å². The molecule has 0 spiro atoms. The van der Waals surface area contributed by atoms with Gasteiger partial charge in [-0.1, -0.05) is 58.3 Å². The van der Waals surface area contributed by atoms with Crippen LogP contribution in [0.25, 0.3) is 0 Å². The highest BCUT2D eigenvalue weighted by molar-refractivity contribution is 5.90. The third-order valence-electron chi connectivity index (χ3n) is 6.89. The maximum Gasteiger partial charge on any atom is 0.335 e. The number of unbranched alkanes of at least 4 members (excludes halogenated alkanes) is 7. The van der Waals surface area contributed by atoms with Crippen molar-refractivity contribution in [3.8, 4) is 0 Å². The Morgan fingerprint density at radius 1 is 1.00 bits per heavy atom. The summed E-state index contributed by atoms with van der Waals surface area (Å²) in [5, 5.41) is 33.5. The molecule has 0 saturated heterocycles. The Hall–Kier alpha value is -2.41. The number of hydrogen-bond acceptors (Lipinski definition) is 5. The molecule has 0 aliphatic heterocycles. The van der Waals surface area contributed by atoms with Crippen LogP contribution in [-0.2, 0) is 4.79 Å². The van der Waals surface area contributed by atoms with Crippen LogP contribution in [0.3, 0.4) is 0 Å². The van der Waals surface area contributed by atoms with Gasteiger partial charge >= 0.3 is 11.9 Å². The fourth-order valence-electron chi connectivity index (χ4n) is 4.92. The van der Waals surface area contributed by atoms with Gasteiger partial charge in [-0.05, 0) is 62.3 Å². The number of carbonyl (C=O) groups is 2. The van der Waals surface area contributed by atoms with Gasteiger partial charge in [0, 0.05) is 18.1 Å². The second-order valence-corrected chi connectivity index (χ2v) is 9.52. The lowest BCUT2D eigenvalue weighted by molar-refractivity contribution is -0.137.